The largest absolute Gasteiger partial charge is 0.369 e. The Kier molecular flexibility index (Phi) is 2.99. The molecule has 0 aromatic rings. The highest BCUT2D eigenvalue weighted by molar-refractivity contribution is 4.77. The second-order valence-electron chi connectivity index (χ2n) is 3.36. The van der Waals surface area contributed by atoms with Gasteiger partial charge < -0.3 is 10.5 Å². The minimum atomic E-state index is -0.335. The van der Waals surface area contributed by atoms with Crippen molar-refractivity contribution < 1.29 is 9.66 Å². The normalized spacial score (nSPS) is 36.3. The van der Waals surface area contributed by atoms with Crippen LogP contribution in [0.3, 0.4) is 0 Å². The molecule has 0 radical (unpaired) electrons. The topological polar surface area (TPSA) is 78.4 Å². The summed E-state index contributed by atoms with van der Waals surface area (Å²) in [5, 5.41) is 10.2. The van der Waals surface area contributed by atoms with Gasteiger partial charge in [0.2, 0.25) is 6.54 Å². The van der Waals surface area contributed by atoms with Crippen molar-refractivity contribution in [2.45, 2.75) is 25.5 Å². The minimum absolute atomic E-state index is 0.0444. The van der Waals surface area contributed by atoms with Gasteiger partial charge in [-0.1, -0.05) is 6.92 Å². The lowest BCUT2D eigenvalue weighted by Crippen LogP contribution is -2.43. The van der Waals surface area contributed by atoms with Crippen LogP contribution in [0.1, 0.15) is 13.3 Å². The van der Waals surface area contributed by atoms with Gasteiger partial charge in [0, 0.05) is 11.0 Å². The molecule has 2 N–H and O–H groups in total. The van der Waals surface area contributed by atoms with Gasteiger partial charge in [-0.3, -0.25) is 10.1 Å². The van der Waals surface area contributed by atoms with E-state index in [2.05, 4.69) is 0 Å². The maximum Gasteiger partial charge on any atom is 0.229 e. The van der Waals surface area contributed by atoms with Crippen molar-refractivity contribution in [3.63, 3.8) is 0 Å². The number of nitro groups is 1. The molecule has 0 aliphatic carbocycles. The first-order valence-electron chi connectivity index (χ1n) is 4.08. The van der Waals surface area contributed by atoms with E-state index in [0.29, 0.717) is 6.61 Å². The fourth-order valence-electron chi connectivity index (χ4n) is 1.49. The SMILES string of the molecule is C[C@H]1C[C@@H](N)CO[C@@H]1C[N+](=O)[O-]. The molecule has 1 saturated heterocycles. The quantitative estimate of drug-likeness (QED) is 0.472. The molecule has 0 bridgehead atoms. The van der Waals surface area contributed by atoms with Gasteiger partial charge in [0.05, 0.1) is 6.61 Å². The van der Waals surface area contributed by atoms with Crippen LogP contribution in [0.15, 0.2) is 0 Å². The minimum Gasteiger partial charge on any atom is -0.369 e. The van der Waals surface area contributed by atoms with Crippen LogP contribution in [-0.2, 0) is 4.74 Å². The smallest absolute Gasteiger partial charge is 0.229 e. The lowest BCUT2D eigenvalue weighted by atomic mass is 9.94. The Hall–Kier alpha value is -0.680. The molecule has 12 heavy (non-hydrogen) atoms. The molecule has 5 nitrogen and oxygen atoms in total. The summed E-state index contributed by atoms with van der Waals surface area (Å²) < 4.78 is 5.25. The van der Waals surface area contributed by atoms with Crippen molar-refractivity contribution in [3.8, 4) is 0 Å². The Morgan fingerprint density at radius 1 is 1.75 bits per heavy atom. The first-order chi connectivity index (χ1) is 5.59. The van der Waals surface area contributed by atoms with Crippen LogP contribution < -0.4 is 5.73 Å². The zero-order valence-electron chi connectivity index (χ0n) is 7.10. The van der Waals surface area contributed by atoms with Crippen LogP contribution in [0.2, 0.25) is 0 Å². The molecule has 0 aromatic carbocycles. The Morgan fingerprint density at radius 3 is 2.92 bits per heavy atom. The highest BCUT2D eigenvalue weighted by Gasteiger charge is 2.29. The van der Waals surface area contributed by atoms with Crippen molar-refractivity contribution in [2.75, 3.05) is 13.2 Å². The Morgan fingerprint density at radius 2 is 2.42 bits per heavy atom. The van der Waals surface area contributed by atoms with E-state index in [1.807, 2.05) is 6.92 Å². The van der Waals surface area contributed by atoms with Crippen LogP contribution in [0.4, 0.5) is 0 Å². The van der Waals surface area contributed by atoms with Crippen molar-refractivity contribution >= 4 is 0 Å². The Balaban J connectivity index is 2.39. The highest BCUT2D eigenvalue weighted by Crippen LogP contribution is 2.19. The number of rotatable bonds is 2. The van der Waals surface area contributed by atoms with Crippen molar-refractivity contribution in [3.05, 3.63) is 10.1 Å². The lowest BCUT2D eigenvalue weighted by molar-refractivity contribution is -0.494. The molecule has 5 heteroatoms. The van der Waals surface area contributed by atoms with Gasteiger partial charge in [0.15, 0.2) is 0 Å². The second-order valence-corrected chi connectivity index (χ2v) is 3.36. The summed E-state index contributed by atoms with van der Waals surface area (Å²) in [7, 11) is 0. The molecule has 3 atom stereocenters. The summed E-state index contributed by atoms with van der Waals surface area (Å²) in [6.07, 6.45) is 0.568. The molecule has 0 spiro atoms. The lowest BCUT2D eigenvalue weighted by Gasteiger charge is -2.30. The van der Waals surface area contributed by atoms with Crippen LogP contribution in [-0.4, -0.2) is 30.2 Å². The summed E-state index contributed by atoms with van der Waals surface area (Å²) in [5.41, 5.74) is 5.62. The van der Waals surface area contributed by atoms with Gasteiger partial charge in [-0.25, -0.2) is 0 Å². The predicted molar refractivity (Wildman–Crippen MR) is 43.4 cm³/mol. The fourth-order valence-corrected chi connectivity index (χ4v) is 1.49. The van der Waals surface area contributed by atoms with E-state index >= 15 is 0 Å². The van der Waals surface area contributed by atoms with Gasteiger partial charge in [0.1, 0.15) is 6.10 Å². The predicted octanol–water partition coefficient (Wildman–Crippen LogP) is 0.0154. The molecule has 0 amide bonds. The summed E-state index contributed by atoms with van der Waals surface area (Å²) in [6.45, 7) is 2.28. The molecule has 1 rings (SSSR count). The van der Waals surface area contributed by atoms with Gasteiger partial charge in [0.25, 0.3) is 0 Å². The van der Waals surface area contributed by atoms with E-state index in [9.17, 15) is 10.1 Å². The molecule has 1 aliphatic heterocycles. The molecule has 70 valence electrons. The van der Waals surface area contributed by atoms with E-state index in [0.717, 1.165) is 6.42 Å². The number of nitrogens with zero attached hydrogens (tertiary/aromatic N) is 1. The number of nitrogens with two attached hydrogens (primary N) is 1. The Labute approximate surface area is 71.0 Å². The maximum absolute atomic E-state index is 10.2. The molecule has 0 unspecified atom stereocenters. The zero-order valence-corrected chi connectivity index (χ0v) is 7.10. The zero-order chi connectivity index (χ0) is 9.14. The summed E-state index contributed by atoms with van der Waals surface area (Å²) >= 11 is 0. The number of hydrogen-bond donors (Lipinski definition) is 1. The van der Waals surface area contributed by atoms with E-state index in [1.54, 1.807) is 0 Å². The first-order valence-corrected chi connectivity index (χ1v) is 4.08. The molecular formula is C7H14N2O3. The van der Waals surface area contributed by atoms with Crippen molar-refractivity contribution in [2.24, 2.45) is 11.7 Å². The maximum atomic E-state index is 10.2. The summed E-state index contributed by atoms with van der Waals surface area (Å²) in [4.78, 5) is 9.85. The van der Waals surface area contributed by atoms with Gasteiger partial charge in [-0.05, 0) is 12.3 Å². The Bertz CT molecular complexity index is 174. The first kappa shape index (κ1) is 9.41. The highest BCUT2D eigenvalue weighted by atomic mass is 16.6. The van der Waals surface area contributed by atoms with Crippen LogP contribution >= 0.6 is 0 Å². The van der Waals surface area contributed by atoms with Gasteiger partial charge in [-0.15, -0.1) is 0 Å². The third-order valence-electron chi connectivity index (χ3n) is 2.16. The molecular weight excluding hydrogens is 160 g/mol. The van der Waals surface area contributed by atoms with Gasteiger partial charge in [-0.2, -0.15) is 0 Å². The van der Waals surface area contributed by atoms with Gasteiger partial charge >= 0.3 is 0 Å². The van der Waals surface area contributed by atoms with Crippen LogP contribution in [0.5, 0.6) is 0 Å². The average Bonchev–Trinajstić information content (AvgIpc) is 1.94. The summed E-state index contributed by atoms with van der Waals surface area (Å²) in [5.74, 6) is 0.194. The van der Waals surface area contributed by atoms with E-state index in [4.69, 9.17) is 10.5 Å². The standard InChI is InChI=1S/C7H14N2O3/c1-5-2-6(8)4-12-7(5)3-9(10)11/h5-7H,2-4,8H2,1H3/t5-,6+,7+/m0/s1. The average molecular weight is 174 g/mol. The molecule has 0 saturated carbocycles. The van der Waals surface area contributed by atoms with E-state index < -0.39 is 0 Å². The number of hydrogen-bond acceptors (Lipinski definition) is 4. The summed E-state index contributed by atoms with van der Waals surface area (Å²) in [6, 6.07) is 0.0444. The second kappa shape index (κ2) is 3.82. The molecule has 1 fully saturated rings. The number of ether oxygens (including phenoxy) is 1. The van der Waals surface area contributed by atoms with E-state index in [-0.39, 0.29) is 29.5 Å². The molecule has 0 aromatic heterocycles. The van der Waals surface area contributed by atoms with E-state index in [1.165, 1.54) is 0 Å². The van der Waals surface area contributed by atoms with Crippen molar-refractivity contribution in [1.29, 1.82) is 0 Å². The third-order valence-corrected chi connectivity index (χ3v) is 2.16. The molecule has 1 aliphatic rings. The third kappa shape index (κ3) is 2.42. The fraction of sp³-hybridized carbons (Fsp3) is 1.00. The monoisotopic (exact) mass is 174 g/mol. The van der Waals surface area contributed by atoms with Crippen molar-refractivity contribution in [1.82, 2.24) is 0 Å². The van der Waals surface area contributed by atoms with Crippen LogP contribution in [0, 0.1) is 16.0 Å². The molecule has 1 heterocycles. The van der Waals surface area contributed by atoms with Crippen LogP contribution in [0.25, 0.3) is 0 Å².